The van der Waals surface area contributed by atoms with Crippen LogP contribution in [0.5, 0.6) is 0 Å². The molecule has 3 nitrogen and oxygen atoms in total. The highest BCUT2D eigenvalue weighted by Crippen LogP contribution is 2.44. The zero-order chi connectivity index (χ0) is 17.4. The van der Waals surface area contributed by atoms with Gasteiger partial charge in [0.2, 0.25) is 0 Å². The van der Waals surface area contributed by atoms with Crippen LogP contribution >= 0.6 is 11.3 Å². The molecule has 2 atom stereocenters. The van der Waals surface area contributed by atoms with Crippen LogP contribution < -0.4 is 0 Å². The Balaban J connectivity index is 1.67. The first kappa shape index (κ1) is 16.3. The van der Waals surface area contributed by atoms with Gasteiger partial charge in [-0.3, -0.25) is 9.69 Å². The maximum Gasteiger partial charge on any atom is 0.308 e. The molecule has 1 aliphatic rings. The average Bonchev–Trinajstić information content (AvgIpc) is 3.18. The second kappa shape index (κ2) is 6.28. The first-order valence-corrected chi connectivity index (χ1v) is 9.36. The average molecular weight is 351 g/mol. The van der Waals surface area contributed by atoms with Gasteiger partial charge in [-0.2, -0.15) is 0 Å². The summed E-state index contributed by atoms with van der Waals surface area (Å²) in [7, 11) is 0. The third-order valence-corrected chi connectivity index (χ3v) is 6.69. The minimum atomic E-state index is -0.699. The van der Waals surface area contributed by atoms with Gasteiger partial charge in [-0.1, -0.05) is 55.5 Å². The number of benzene rings is 2. The minimum absolute atomic E-state index is 0.357. The van der Waals surface area contributed by atoms with E-state index in [4.69, 9.17) is 0 Å². The summed E-state index contributed by atoms with van der Waals surface area (Å²) < 4.78 is 1.23. The quantitative estimate of drug-likeness (QED) is 0.758. The number of hydrogen-bond acceptors (Lipinski definition) is 3. The number of carbonyl (C=O) groups is 1. The van der Waals surface area contributed by atoms with E-state index < -0.39 is 5.97 Å². The van der Waals surface area contributed by atoms with Crippen molar-refractivity contribution in [2.45, 2.75) is 18.9 Å². The highest BCUT2D eigenvalue weighted by Gasteiger charge is 2.48. The number of hydrogen-bond donors (Lipinski definition) is 1. The summed E-state index contributed by atoms with van der Waals surface area (Å²) in [6, 6.07) is 20.7. The summed E-state index contributed by atoms with van der Waals surface area (Å²) in [5.74, 6) is -1.08. The lowest BCUT2D eigenvalue weighted by atomic mass is 9.78. The van der Waals surface area contributed by atoms with E-state index in [2.05, 4.69) is 42.2 Å². The van der Waals surface area contributed by atoms with Crippen molar-refractivity contribution in [1.29, 1.82) is 0 Å². The molecule has 1 aliphatic heterocycles. The Kier molecular flexibility index (Phi) is 4.10. The molecule has 1 fully saturated rings. The van der Waals surface area contributed by atoms with Crippen LogP contribution in [0.2, 0.25) is 0 Å². The molecule has 25 heavy (non-hydrogen) atoms. The fraction of sp³-hybridized carbons (Fsp3) is 0.286. The van der Waals surface area contributed by atoms with Crippen molar-refractivity contribution in [3.63, 3.8) is 0 Å². The SMILES string of the molecule is CC1(c2cc3ccccc3s2)CN(Cc2ccccc2)CC1C(=O)O. The Bertz CT molecular complexity index is 871. The van der Waals surface area contributed by atoms with Crippen LogP contribution in [0.4, 0.5) is 0 Å². The summed E-state index contributed by atoms with van der Waals surface area (Å²) in [4.78, 5) is 15.4. The molecule has 0 spiro atoms. The number of thiophene rings is 1. The zero-order valence-corrected chi connectivity index (χ0v) is 15.0. The maximum absolute atomic E-state index is 12.0. The lowest BCUT2D eigenvalue weighted by Gasteiger charge is -2.27. The monoisotopic (exact) mass is 351 g/mol. The standard InChI is InChI=1S/C21H21NO2S/c1-21(19-11-16-9-5-6-10-18(16)25-19)14-22(13-17(21)20(23)24)12-15-7-3-2-4-8-15/h2-11,17H,12-14H2,1H3,(H,23,24). The molecule has 4 heteroatoms. The molecule has 2 aromatic carbocycles. The van der Waals surface area contributed by atoms with Crippen molar-refractivity contribution < 1.29 is 9.90 Å². The fourth-order valence-electron chi connectivity index (χ4n) is 3.92. The van der Waals surface area contributed by atoms with Gasteiger partial charge >= 0.3 is 5.97 Å². The van der Waals surface area contributed by atoms with E-state index in [0.29, 0.717) is 6.54 Å². The molecular weight excluding hydrogens is 330 g/mol. The van der Waals surface area contributed by atoms with Crippen LogP contribution in [0.25, 0.3) is 10.1 Å². The Hall–Kier alpha value is -2.17. The summed E-state index contributed by atoms with van der Waals surface area (Å²) in [6.45, 7) is 4.27. The largest absolute Gasteiger partial charge is 0.481 e. The molecular formula is C21H21NO2S. The molecule has 0 saturated carbocycles. The smallest absolute Gasteiger partial charge is 0.308 e. The lowest BCUT2D eigenvalue weighted by molar-refractivity contribution is -0.142. The number of likely N-dealkylation sites (tertiary alicyclic amines) is 1. The highest BCUT2D eigenvalue weighted by atomic mass is 32.1. The third kappa shape index (κ3) is 2.96. The van der Waals surface area contributed by atoms with E-state index in [1.165, 1.54) is 20.5 Å². The molecule has 2 heterocycles. The summed E-state index contributed by atoms with van der Waals surface area (Å²) in [5.41, 5.74) is 0.872. The summed E-state index contributed by atoms with van der Waals surface area (Å²) >= 11 is 1.73. The summed E-state index contributed by atoms with van der Waals surface area (Å²) in [5, 5.41) is 11.1. The minimum Gasteiger partial charge on any atom is -0.481 e. The number of nitrogens with zero attached hydrogens (tertiary/aromatic N) is 1. The molecule has 0 aliphatic carbocycles. The number of fused-ring (bicyclic) bond motifs is 1. The van der Waals surface area contributed by atoms with Gasteiger partial charge in [0.25, 0.3) is 0 Å². The Labute approximate surface area is 151 Å². The highest BCUT2D eigenvalue weighted by molar-refractivity contribution is 7.19. The van der Waals surface area contributed by atoms with Crippen LogP contribution in [0.1, 0.15) is 17.4 Å². The van der Waals surface area contributed by atoms with Crippen LogP contribution in [0.15, 0.2) is 60.7 Å². The predicted molar refractivity (Wildman–Crippen MR) is 102 cm³/mol. The first-order valence-electron chi connectivity index (χ1n) is 8.54. The van der Waals surface area contributed by atoms with Crippen molar-refractivity contribution in [2.24, 2.45) is 5.92 Å². The number of aliphatic carboxylic acids is 1. The van der Waals surface area contributed by atoms with E-state index in [-0.39, 0.29) is 11.3 Å². The molecule has 4 rings (SSSR count). The molecule has 128 valence electrons. The molecule has 1 saturated heterocycles. The van der Waals surface area contributed by atoms with Crippen LogP contribution in [-0.2, 0) is 16.8 Å². The maximum atomic E-state index is 12.0. The van der Waals surface area contributed by atoms with Crippen LogP contribution in [-0.4, -0.2) is 29.1 Å². The number of carboxylic acids is 1. The summed E-state index contributed by atoms with van der Waals surface area (Å²) in [6.07, 6.45) is 0. The number of rotatable bonds is 4. The Morgan fingerprint density at radius 1 is 1.20 bits per heavy atom. The predicted octanol–water partition coefficient (Wildman–Crippen LogP) is 4.38. The van der Waals surface area contributed by atoms with Gasteiger partial charge in [0.15, 0.2) is 0 Å². The lowest BCUT2D eigenvalue weighted by Crippen LogP contribution is -2.35. The van der Waals surface area contributed by atoms with Gasteiger partial charge < -0.3 is 5.11 Å². The van der Waals surface area contributed by atoms with E-state index in [9.17, 15) is 9.90 Å². The van der Waals surface area contributed by atoms with Crippen LogP contribution in [0, 0.1) is 5.92 Å². The molecule has 3 aromatic rings. The Morgan fingerprint density at radius 2 is 1.92 bits per heavy atom. The van der Waals surface area contributed by atoms with Crippen molar-refractivity contribution in [2.75, 3.05) is 13.1 Å². The van der Waals surface area contributed by atoms with Gasteiger partial charge in [0.05, 0.1) is 5.92 Å². The van der Waals surface area contributed by atoms with Crippen molar-refractivity contribution >= 4 is 27.4 Å². The molecule has 0 radical (unpaired) electrons. The van der Waals surface area contributed by atoms with E-state index in [0.717, 1.165) is 13.1 Å². The molecule has 0 bridgehead atoms. The van der Waals surface area contributed by atoms with Gasteiger partial charge in [0, 0.05) is 34.6 Å². The van der Waals surface area contributed by atoms with E-state index >= 15 is 0 Å². The second-order valence-electron chi connectivity index (χ2n) is 7.11. The van der Waals surface area contributed by atoms with Gasteiger partial charge in [0.1, 0.15) is 0 Å². The van der Waals surface area contributed by atoms with Crippen LogP contribution in [0.3, 0.4) is 0 Å². The van der Waals surface area contributed by atoms with Gasteiger partial charge in [-0.25, -0.2) is 0 Å². The zero-order valence-electron chi connectivity index (χ0n) is 14.2. The second-order valence-corrected chi connectivity index (χ2v) is 8.20. The first-order chi connectivity index (χ1) is 12.1. The van der Waals surface area contributed by atoms with Gasteiger partial charge in [-0.15, -0.1) is 11.3 Å². The van der Waals surface area contributed by atoms with E-state index in [1.54, 1.807) is 11.3 Å². The van der Waals surface area contributed by atoms with Crippen molar-refractivity contribution in [3.8, 4) is 0 Å². The molecule has 1 N–H and O–H groups in total. The third-order valence-electron chi connectivity index (χ3n) is 5.30. The topological polar surface area (TPSA) is 40.5 Å². The Morgan fingerprint density at radius 3 is 2.64 bits per heavy atom. The molecule has 0 amide bonds. The van der Waals surface area contributed by atoms with Crippen molar-refractivity contribution in [1.82, 2.24) is 4.90 Å². The normalized spacial score (nSPS) is 24.0. The molecule has 1 aromatic heterocycles. The van der Waals surface area contributed by atoms with Crippen molar-refractivity contribution in [3.05, 3.63) is 71.1 Å². The van der Waals surface area contributed by atoms with Gasteiger partial charge in [-0.05, 0) is 23.1 Å². The molecule has 2 unspecified atom stereocenters. The fourth-order valence-corrected chi connectivity index (χ4v) is 5.18. The van der Waals surface area contributed by atoms with E-state index in [1.807, 2.05) is 30.3 Å². The number of carboxylic acid groups (broad SMARTS) is 1.